The third-order valence-electron chi connectivity index (χ3n) is 2.59. The van der Waals surface area contributed by atoms with Gasteiger partial charge < -0.3 is 14.8 Å². The molecule has 5 nitrogen and oxygen atoms in total. The van der Waals surface area contributed by atoms with Crippen molar-refractivity contribution in [1.29, 1.82) is 0 Å². The van der Waals surface area contributed by atoms with Gasteiger partial charge in [0.15, 0.2) is 0 Å². The predicted octanol–water partition coefficient (Wildman–Crippen LogP) is 2.20. The first-order valence-corrected chi connectivity index (χ1v) is 5.50. The van der Waals surface area contributed by atoms with Gasteiger partial charge in [-0.3, -0.25) is 4.98 Å². The molecule has 94 valence electrons. The van der Waals surface area contributed by atoms with Crippen LogP contribution in [0.1, 0.15) is 0 Å². The largest absolute Gasteiger partial charge is 0.497 e. The number of aromatic nitrogens is 2. The minimum Gasteiger partial charge on any atom is -0.497 e. The highest BCUT2D eigenvalue weighted by molar-refractivity contribution is 5.68. The van der Waals surface area contributed by atoms with Crippen LogP contribution in [0.5, 0.6) is 11.5 Å². The second-order valence-electron chi connectivity index (χ2n) is 3.60. The number of benzene rings is 1. The SMILES string of the molecule is CNc1cnc(-c2ccc(OC)cc2OC)cn1. The Morgan fingerprint density at radius 1 is 1.06 bits per heavy atom. The Labute approximate surface area is 106 Å². The summed E-state index contributed by atoms with van der Waals surface area (Å²) in [6.45, 7) is 0. The number of ether oxygens (including phenoxy) is 2. The third kappa shape index (κ3) is 2.34. The Balaban J connectivity index is 2.42. The first-order chi connectivity index (χ1) is 8.78. The van der Waals surface area contributed by atoms with Gasteiger partial charge in [-0.25, -0.2) is 4.98 Å². The molecule has 0 amide bonds. The number of nitrogens with zero attached hydrogens (tertiary/aromatic N) is 2. The summed E-state index contributed by atoms with van der Waals surface area (Å²) in [5.74, 6) is 2.18. The van der Waals surface area contributed by atoms with Crippen LogP contribution in [0.25, 0.3) is 11.3 Å². The molecular formula is C13H15N3O2. The van der Waals surface area contributed by atoms with E-state index >= 15 is 0 Å². The Morgan fingerprint density at radius 2 is 1.89 bits per heavy atom. The minimum atomic E-state index is 0.709. The maximum Gasteiger partial charge on any atom is 0.144 e. The highest BCUT2D eigenvalue weighted by atomic mass is 16.5. The molecule has 0 atom stereocenters. The van der Waals surface area contributed by atoms with Crippen molar-refractivity contribution in [2.24, 2.45) is 0 Å². The predicted molar refractivity (Wildman–Crippen MR) is 70.1 cm³/mol. The molecule has 1 aromatic heterocycles. The average Bonchev–Trinajstić information content (AvgIpc) is 2.46. The van der Waals surface area contributed by atoms with Crippen LogP contribution in [0.2, 0.25) is 0 Å². The van der Waals surface area contributed by atoms with Crippen molar-refractivity contribution >= 4 is 5.82 Å². The molecule has 2 aromatic rings. The van der Waals surface area contributed by atoms with E-state index in [-0.39, 0.29) is 0 Å². The number of hydrogen-bond donors (Lipinski definition) is 1. The lowest BCUT2D eigenvalue weighted by Gasteiger charge is -2.09. The second-order valence-corrected chi connectivity index (χ2v) is 3.60. The minimum absolute atomic E-state index is 0.709. The Hall–Kier alpha value is -2.30. The number of hydrogen-bond acceptors (Lipinski definition) is 5. The van der Waals surface area contributed by atoms with Gasteiger partial charge in [0.2, 0.25) is 0 Å². The number of nitrogens with one attached hydrogen (secondary N) is 1. The van der Waals surface area contributed by atoms with Crippen LogP contribution in [-0.2, 0) is 0 Å². The Kier molecular flexibility index (Phi) is 3.62. The van der Waals surface area contributed by atoms with Crippen molar-refractivity contribution in [2.45, 2.75) is 0 Å². The van der Waals surface area contributed by atoms with Crippen molar-refractivity contribution in [3.05, 3.63) is 30.6 Å². The van der Waals surface area contributed by atoms with E-state index in [1.807, 2.05) is 18.2 Å². The molecular weight excluding hydrogens is 230 g/mol. The molecule has 0 spiro atoms. The first-order valence-electron chi connectivity index (χ1n) is 5.50. The highest BCUT2D eigenvalue weighted by Crippen LogP contribution is 2.31. The van der Waals surface area contributed by atoms with Crippen LogP contribution in [-0.4, -0.2) is 31.2 Å². The summed E-state index contributed by atoms with van der Waals surface area (Å²) in [4.78, 5) is 8.57. The molecule has 0 saturated carbocycles. The lowest BCUT2D eigenvalue weighted by Crippen LogP contribution is -1.96. The van der Waals surface area contributed by atoms with Gasteiger partial charge in [0.25, 0.3) is 0 Å². The number of methoxy groups -OCH3 is 2. The summed E-state index contributed by atoms with van der Waals surface area (Å²) < 4.78 is 10.5. The summed E-state index contributed by atoms with van der Waals surface area (Å²) in [5.41, 5.74) is 1.64. The molecule has 0 aliphatic rings. The number of anilines is 1. The fourth-order valence-corrected chi connectivity index (χ4v) is 1.61. The van der Waals surface area contributed by atoms with E-state index in [2.05, 4.69) is 15.3 Å². The maximum absolute atomic E-state index is 5.34. The van der Waals surface area contributed by atoms with Crippen LogP contribution in [0.3, 0.4) is 0 Å². The van der Waals surface area contributed by atoms with E-state index in [0.717, 1.165) is 22.8 Å². The molecule has 0 bridgehead atoms. The number of rotatable bonds is 4. The molecule has 2 rings (SSSR count). The molecule has 0 unspecified atom stereocenters. The zero-order valence-corrected chi connectivity index (χ0v) is 10.6. The van der Waals surface area contributed by atoms with E-state index in [1.54, 1.807) is 33.7 Å². The van der Waals surface area contributed by atoms with Gasteiger partial charge in [0, 0.05) is 18.7 Å². The van der Waals surface area contributed by atoms with Gasteiger partial charge in [-0.2, -0.15) is 0 Å². The molecule has 1 aromatic carbocycles. The van der Waals surface area contributed by atoms with Crippen LogP contribution in [0.4, 0.5) is 5.82 Å². The van der Waals surface area contributed by atoms with Gasteiger partial charge >= 0.3 is 0 Å². The van der Waals surface area contributed by atoms with Crippen LogP contribution >= 0.6 is 0 Å². The van der Waals surface area contributed by atoms with Gasteiger partial charge in [0.1, 0.15) is 17.3 Å². The highest BCUT2D eigenvalue weighted by Gasteiger charge is 2.09. The Morgan fingerprint density at radius 3 is 2.44 bits per heavy atom. The van der Waals surface area contributed by atoms with Crippen LogP contribution < -0.4 is 14.8 Å². The summed E-state index contributed by atoms with van der Waals surface area (Å²) in [5, 5.41) is 2.93. The molecule has 1 heterocycles. The quantitative estimate of drug-likeness (QED) is 0.895. The van der Waals surface area contributed by atoms with Gasteiger partial charge in [-0.1, -0.05) is 0 Å². The van der Waals surface area contributed by atoms with Crippen molar-refractivity contribution in [3.63, 3.8) is 0 Å². The molecule has 1 N–H and O–H groups in total. The van der Waals surface area contributed by atoms with Crippen LogP contribution in [0.15, 0.2) is 30.6 Å². The average molecular weight is 245 g/mol. The summed E-state index contributed by atoms with van der Waals surface area (Å²) in [6.07, 6.45) is 3.38. The van der Waals surface area contributed by atoms with Crippen molar-refractivity contribution < 1.29 is 9.47 Å². The standard InChI is InChI=1S/C13H15N3O2/c1-14-13-8-15-11(7-16-13)10-5-4-9(17-2)6-12(10)18-3/h4-8H,1-3H3,(H,14,16). The molecule has 18 heavy (non-hydrogen) atoms. The lowest BCUT2D eigenvalue weighted by molar-refractivity contribution is 0.395. The van der Waals surface area contributed by atoms with E-state index in [1.165, 1.54) is 0 Å². The second kappa shape index (κ2) is 5.35. The van der Waals surface area contributed by atoms with E-state index < -0.39 is 0 Å². The zero-order chi connectivity index (χ0) is 13.0. The molecule has 0 saturated heterocycles. The first kappa shape index (κ1) is 12.2. The van der Waals surface area contributed by atoms with E-state index in [4.69, 9.17) is 9.47 Å². The van der Waals surface area contributed by atoms with Gasteiger partial charge in [-0.05, 0) is 12.1 Å². The van der Waals surface area contributed by atoms with E-state index in [9.17, 15) is 0 Å². The molecule has 0 radical (unpaired) electrons. The maximum atomic E-state index is 5.34. The summed E-state index contributed by atoms with van der Waals surface area (Å²) in [7, 11) is 5.04. The van der Waals surface area contributed by atoms with Crippen LogP contribution in [0, 0.1) is 0 Å². The molecule has 0 aliphatic heterocycles. The van der Waals surface area contributed by atoms with Gasteiger partial charge in [-0.15, -0.1) is 0 Å². The molecule has 5 heteroatoms. The summed E-state index contributed by atoms with van der Waals surface area (Å²) >= 11 is 0. The third-order valence-corrected chi connectivity index (χ3v) is 2.59. The lowest BCUT2D eigenvalue weighted by atomic mass is 10.1. The molecule has 0 fully saturated rings. The van der Waals surface area contributed by atoms with Gasteiger partial charge in [0.05, 0.1) is 32.3 Å². The van der Waals surface area contributed by atoms with Crippen molar-refractivity contribution in [3.8, 4) is 22.8 Å². The normalized spacial score (nSPS) is 9.94. The topological polar surface area (TPSA) is 56.3 Å². The molecule has 0 aliphatic carbocycles. The fourth-order valence-electron chi connectivity index (χ4n) is 1.61. The van der Waals surface area contributed by atoms with E-state index in [0.29, 0.717) is 5.75 Å². The summed E-state index contributed by atoms with van der Waals surface area (Å²) in [6, 6.07) is 5.59. The monoisotopic (exact) mass is 245 g/mol. The Bertz CT molecular complexity index is 526. The smallest absolute Gasteiger partial charge is 0.144 e. The van der Waals surface area contributed by atoms with Crippen molar-refractivity contribution in [2.75, 3.05) is 26.6 Å². The van der Waals surface area contributed by atoms with Crippen molar-refractivity contribution in [1.82, 2.24) is 9.97 Å². The fraction of sp³-hybridized carbons (Fsp3) is 0.231. The zero-order valence-electron chi connectivity index (χ0n) is 10.6.